The van der Waals surface area contributed by atoms with E-state index in [1.54, 1.807) is 0 Å². The number of hydrogen-bond donors (Lipinski definition) is 1. The summed E-state index contributed by atoms with van der Waals surface area (Å²) in [6.07, 6.45) is 9.11. The van der Waals surface area contributed by atoms with Gasteiger partial charge in [0, 0.05) is 13.0 Å². The highest BCUT2D eigenvalue weighted by Gasteiger charge is 2.32. The van der Waals surface area contributed by atoms with Crippen molar-refractivity contribution in [3.05, 3.63) is 35.9 Å². The van der Waals surface area contributed by atoms with Crippen LogP contribution in [0.5, 0.6) is 0 Å². The molecule has 1 fully saturated rings. The first-order valence-electron chi connectivity index (χ1n) is 7.78. The van der Waals surface area contributed by atoms with E-state index in [9.17, 15) is 0 Å². The molecule has 20 heavy (non-hydrogen) atoms. The van der Waals surface area contributed by atoms with Crippen molar-refractivity contribution >= 4 is 18.2 Å². The van der Waals surface area contributed by atoms with Gasteiger partial charge in [0.15, 0.2) is 0 Å². The van der Waals surface area contributed by atoms with Crippen LogP contribution in [-0.2, 0) is 0 Å². The molecule has 1 aromatic rings. The predicted octanol–water partition coefficient (Wildman–Crippen LogP) is 4.51. The highest BCUT2D eigenvalue weighted by atomic mass is 35.5. The van der Waals surface area contributed by atoms with Crippen molar-refractivity contribution in [1.82, 2.24) is 5.32 Å². The number of aliphatic imine (C=N–C) groups is 1. The Balaban J connectivity index is 0.00000147. The van der Waals surface area contributed by atoms with Gasteiger partial charge in [-0.25, -0.2) is 0 Å². The third-order valence-corrected chi connectivity index (χ3v) is 4.20. The monoisotopic (exact) mass is 292 g/mol. The summed E-state index contributed by atoms with van der Waals surface area (Å²) in [7, 11) is 0. The van der Waals surface area contributed by atoms with E-state index < -0.39 is 0 Å². The smallest absolute Gasteiger partial charge is 0.0967 e. The van der Waals surface area contributed by atoms with Crippen molar-refractivity contribution in [2.24, 2.45) is 10.9 Å². The Morgan fingerprint density at radius 1 is 1.00 bits per heavy atom. The fourth-order valence-corrected chi connectivity index (χ4v) is 2.91. The number of nitrogens with zero attached hydrogens (tertiary/aromatic N) is 1. The summed E-state index contributed by atoms with van der Waals surface area (Å²) in [6.45, 7) is 1.01. The molecule has 3 heteroatoms. The van der Waals surface area contributed by atoms with Crippen LogP contribution in [0.15, 0.2) is 35.3 Å². The SMILES string of the molecule is Cl.c1ccc(C(NC2=NCCCCCC2)C2CC2)cc1. The lowest BCUT2D eigenvalue weighted by Crippen LogP contribution is -2.30. The summed E-state index contributed by atoms with van der Waals surface area (Å²) < 4.78 is 0. The lowest BCUT2D eigenvalue weighted by Gasteiger charge is -2.22. The first-order valence-corrected chi connectivity index (χ1v) is 7.78. The molecule has 0 amide bonds. The summed E-state index contributed by atoms with van der Waals surface area (Å²) >= 11 is 0. The molecule has 3 rings (SSSR count). The van der Waals surface area contributed by atoms with Gasteiger partial charge in [-0.2, -0.15) is 0 Å². The zero-order valence-corrected chi connectivity index (χ0v) is 12.9. The Hall–Kier alpha value is -1.02. The number of rotatable bonds is 3. The van der Waals surface area contributed by atoms with Gasteiger partial charge in [-0.05, 0) is 37.2 Å². The molecular weight excluding hydrogens is 268 g/mol. The Labute approximate surface area is 128 Å². The summed E-state index contributed by atoms with van der Waals surface area (Å²) in [6, 6.07) is 11.4. The van der Waals surface area contributed by atoms with Crippen molar-refractivity contribution in [2.75, 3.05) is 6.54 Å². The molecule has 1 N–H and O–H groups in total. The van der Waals surface area contributed by atoms with E-state index in [0.29, 0.717) is 6.04 Å². The second kappa shape index (κ2) is 7.68. The van der Waals surface area contributed by atoms with Crippen molar-refractivity contribution in [1.29, 1.82) is 0 Å². The lowest BCUT2D eigenvalue weighted by molar-refractivity contribution is 0.551. The normalized spacial score (nSPS) is 20.9. The third kappa shape index (κ3) is 4.24. The molecule has 1 heterocycles. The van der Waals surface area contributed by atoms with Gasteiger partial charge >= 0.3 is 0 Å². The number of amidine groups is 1. The molecule has 0 spiro atoms. The molecular formula is C17H25ClN2. The molecule has 2 nitrogen and oxygen atoms in total. The van der Waals surface area contributed by atoms with E-state index in [2.05, 4.69) is 35.6 Å². The van der Waals surface area contributed by atoms with Gasteiger partial charge in [-0.15, -0.1) is 12.4 Å². The number of benzene rings is 1. The molecule has 110 valence electrons. The van der Waals surface area contributed by atoms with E-state index in [0.717, 1.165) is 18.9 Å². The maximum atomic E-state index is 4.76. The maximum Gasteiger partial charge on any atom is 0.0967 e. The van der Waals surface area contributed by atoms with E-state index >= 15 is 0 Å². The number of hydrogen-bond acceptors (Lipinski definition) is 2. The fourth-order valence-electron chi connectivity index (χ4n) is 2.91. The van der Waals surface area contributed by atoms with Crippen molar-refractivity contribution in [2.45, 2.75) is 51.0 Å². The fraction of sp³-hybridized carbons (Fsp3) is 0.588. The molecule has 1 aliphatic carbocycles. The van der Waals surface area contributed by atoms with E-state index in [1.807, 2.05) is 0 Å². The second-order valence-corrected chi connectivity index (χ2v) is 5.86. The average Bonchev–Trinajstić information content (AvgIpc) is 3.23. The van der Waals surface area contributed by atoms with E-state index in [4.69, 9.17) is 4.99 Å². The van der Waals surface area contributed by atoms with Crippen LogP contribution in [0.4, 0.5) is 0 Å². The van der Waals surface area contributed by atoms with Gasteiger partial charge in [0.05, 0.1) is 11.9 Å². The zero-order chi connectivity index (χ0) is 12.9. The second-order valence-electron chi connectivity index (χ2n) is 5.86. The first-order chi connectivity index (χ1) is 9.43. The van der Waals surface area contributed by atoms with E-state index in [-0.39, 0.29) is 12.4 Å². The molecule has 0 saturated heterocycles. The standard InChI is InChI=1S/C17H24N2.ClH/c1-2-7-13-18-16(10-6-1)19-17(15-11-12-15)14-8-4-3-5-9-14;/h3-5,8-9,15,17H,1-2,6-7,10-13H2,(H,18,19);1H. The van der Waals surface area contributed by atoms with Crippen molar-refractivity contribution in [3.8, 4) is 0 Å². The van der Waals surface area contributed by atoms with Crippen LogP contribution in [0.2, 0.25) is 0 Å². The van der Waals surface area contributed by atoms with Crippen LogP contribution in [0.25, 0.3) is 0 Å². The third-order valence-electron chi connectivity index (χ3n) is 4.20. The summed E-state index contributed by atoms with van der Waals surface area (Å²) in [5.41, 5.74) is 1.43. The Morgan fingerprint density at radius 3 is 2.50 bits per heavy atom. The van der Waals surface area contributed by atoms with Gasteiger partial charge in [-0.1, -0.05) is 43.2 Å². The lowest BCUT2D eigenvalue weighted by atomic mass is 10.0. The summed E-state index contributed by atoms with van der Waals surface area (Å²) in [5.74, 6) is 2.07. The highest BCUT2D eigenvalue weighted by molar-refractivity contribution is 5.85. The van der Waals surface area contributed by atoms with Crippen LogP contribution < -0.4 is 5.32 Å². The first kappa shape index (κ1) is 15.4. The van der Waals surface area contributed by atoms with Gasteiger partial charge in [-0.3, -0.25) is 4.99 Å². The van der Waals surface area contributed by atoms with Crippen LogP contribution in [0.3, 0.4) is 0 Å². The highest BCUT2D eigenvalue weighted by Crippen LogP contribution is 2.41. The van der Waals surface area contributed by atoms with Gasteiger partial charge in [0.2, 0.25) is 0 Å². The van der Waals surface area contributed by atoms with Gasteiger partial charge < -0.3 is 5.32 Å². The topological polar surface area (TPSA) is 24.4 Å². The van der Waals surface area contributed by atoms with Crippen LogP contribution in [-0.4, -0.2) is 12.4 Å². The molecule has 1 aromatic carbocycles. The maximum absolute atomic E-state index is 4.76. The molecule has 1 atom stereocenters. The van der Waals surface area contributed by atoms with Gasteiger partial charge in [0.25, 0.3) is 0 Å². The summed E-state index contributed by atoms with van der Waals surface area (Å²) in [5, 5.41) is 3.75. The molecule has 2 aliphatic rings. The van der Waals surface area contributed by atoms with Crippen molar-refractivity contribution < 1.29 is 0 Å². The molecule has 0 aromatic heterocycles. The Kier molecular flexibility index (Phi) is 5.90. The molecule has 1 aliphatic heterocycles. The van der Waals surface area contributed by atoms with Crippen molar-refractivity contribution in [3.63, 3.8) is 0 Å². The minimum Gasteiger partial charge on any atom is -0.367 e. The minimum atomic E-state index is 0. The minimum absolute atomic E-state index is 0. The molecule has 1 saturated carbocycles. The summed E-state index contributed by atoms with van der Waals surface area (Å²) in [4.78, 5) is 4.76. The van der Waals surface area contributed by atoms with Gasteiger partial charge in [0.1, 0.15) is 0 Å². The molecule has 1 unspecified atom stereocenters. The largest absolute Gasteiger partial charge is 0.367 e. The molecule has 0 radical (unpaired) electrons. The number of nitrogens with one attached hydrogen (secondary N) is 1. The van der Waals surface area contributed by atoms with E-state index in [1.165, 1.54) is 49.9 Å². The Morgan fingerprint density at radius 2 is 1.75 bits per heavy atom. The quantitative estimate of drug-likeness (QED) is 0.871. The zero-order valence-electron chi connectivity index (χ0n) is 12.1. The van der Waals surface area contributed by atoms with Crippen LogP contribution in [0, 0.1) is 5.92 Å². The predicted molar refractivity (Wildman–Crippen MR) is 87.7 cm³/mol. The Bertz CT molecular complexity index is 426. The molecule has 0 bridgehead atoms. The number of halogens is 1. The average molecular weight is 293 g/mol. The van der Waals surface area contributed by atoms with Crippen LogP contribution in [0.1, 0.15) is 56.6 Å². The van der Waals surface area contributed by atoms with Crippen LogP contribution >= 0.6 is 12.4 Å².